The molecule has 10 nitrogen and oxygen atoms in total. The quantitative estimate of drug-likeness (QED) is 0.619. The second-order valence-electron chi connectivity index (χ2n) is 4.82. The standard InChI is InChI=1S/C13H14N8O2/c1-7-5-14-11(8-3-4-21(2)20-8)16-10(7)12(23)17-13-15-9(6-22)18-19-13/h3-5,22H,6H2,1-2H3,(H2,15,17,18,19,23). The molecule has 0 aliphatic heterocycles. The van der Waals surface area contributed by atoms with Gasteiger partial charge in [0.05, 0.1) is 0 Å². The molecule has 0 unspecified atom stereocenters. The molecule has 3 aromatic heterocycles. The zero-order valence-electron chi connectivity index (χ0n) is 12.5. The van der Waals surface area contributed by atoms with Gasteiger partial charge in [0.15, 0.2) is 11.6 Å². The molecule has 0 aliphatic rings. The van der Waals surface area contributed by atoms with Crippen LogP contribution in [0.4, 0.5) is 5.95 Å². The molecule has 3 N–H and O–H groups in total. The van der Waals surface area contributed by atoms with E-state index in [9.17, 15) is 4.79 Å². The Morgan fingerprint density at radius 1 is 1.43 bits per heavy atom. The van der Waals surface area contributed by atoms with Gasteiger partial charge < -0.3 is 5.11 Å². The second kappa shape index (κ2) is 5.93. The number of aliphatic hydroxyl groups excluding tert-OH is 1. The Balaban J connectivity index is 1.87. The molecule has 10 heteroatoms. The Labute approximate surface area is 130 Å². The third-order valence-electron chi connectivity index (χ3n) is 3.04. The van der Waals surface area contributed by atoms with Crippen LogP contribution in [0.3, 0.4) is 0 Å². The lowest BCUT2D eigenvalue weighted by Gasteiger charge is -2.05. The number of rotatable bonds is 4. The Bertz CT molecular complexity index is 853. The van der Waals surface area contributed by atoms with Gasteiger partial charge in [-0.3, -0.25) is 19.9 Å². The highest BCUT2D eigenvalue weighted by molar-refractivity contribution is 6.03. The molecule has 0 radical (unpaired) electrons. The minimum Gasteiger partial charge on any atom is -0.388 e. The van der Waals surface area contributed by atoms with Crippen molar-refractivity contribution in [3.8, 4) is 11.5 Å². The van der Waals surface area contributed by atoms with Crippen molar-refractivity contribution in [1.29, 1.82) is 0 Å². The van der Waals surface area contributed by atoms with Crippen LogP contribution in [0.2, 0.25) is 0 Å². The number of hydrogen-bond acceptors (Lipinski definition) is 7. The summed E-state index contributed by atoms with van der Waals surface area (Å²) in [4.78, 5) is 24.7. The highest BCUT2D eigenvalue weighted by Gasteiger charge is 2.16. The zero-order chi connectivity index (χ0) is 16.4. The van der Waals surface area contributed by atoms with Gasteiger partial charge in [0.2, 0.25) is 5.95 Å². The largest absolute Gasteiger partial charge is 0.388 e. The van der Waals surface area contributed by atoms with Crippen LogP contribution in [0.1, 0.15) is 21.9 Å². The number of nitrogens with zero attached hydrogens (tertiary/aromatic N) is 6. The number of hydrogen-bond donors (Lipinski definition) is 3. The van der Waals surface area contributed by atoms with Crippen molar-refractivity contribution in [2.24, 2.45) is 7.05 Å². The van der Waals surface area contributed by atoms with E-state index in [4.69, 9.17) is 5.11 Å². The second-order valence-corrected chi connectivity index (χ2v) is 4.82. The number of aliphatic hydroxyl groups is 1. The van der Waals surface area contributed by atoms with Crippen LogP contribution in [-0.4, -0.2) is 45.9 Å². The fraction of sp³-hybridized carbons (Fsp3) is 0.231. The summed E-state index contributed by atoms with van der Waals surface area (Å²) < 4.78 is 1.63. The average molecular weight is 314 g/mol. The Kier molecular flexibility index (Phi) is 3.81. The van der Waals surface area contributed by atoms with Crippen LogP contribution in [0.15, 0.2) is 18.5 Å². The van der Waals surface area contributed by atoms with Crippen molar-refractivity contribution in [2.45, 2.75) is 13.5 Å². The first-order chi connectivity index (χ1) is 11.1. The summed E-state index contributed by atoms with van der Waals surface area (Å²) in [5.74, 6) is 0.211. The van der Waals surface area contributed by atoms with E-state index in [0.717, 1.165) is 0 Å². The zero-order valence-corrected chi connectivity index (χ0v) is 12.5. The highest BCUT2D eigenvalue weighted by atomic mass is 16.3. The van der Waals surface area contributed by atoms with Gasteiger partial charge in [-0.05, 0) is 18.6 Å². The van der Waals surface area contributed by atoms with E-state index in [1.54, 1.807) is 37.1 Å². The SMILES string of the molecule is Cc1cnc(-c2ccn(C)n2)nc1C(=O)Nc1n[nH]c(CO)n1. The number of H-pyrrole nitrogens is 1. The molecule has 3 rings (SSSR count). The number of carbonyl (C=O) groups excluding carboxylic acids is 1. The van der Waals surface area contributed by atoms with Crippen molar-refractivity contribution in [1.82, 2.24) is 34.9 Å². The Morgan fingerprint density at radius 2 is 2.26 bits per heavy atom. The molecule has 0 saturated carbocycles. The van der Waals surface area contributed by atoms with Gasteiger partial charge in [0.1, 0.15) is 18.0 Å². The van der Waals surface area contributed by atoms with Crippen LogP contribution >= 0.6 is 0 Å². The topological polar surface area (TPSA) is 134 Å². The lowest BCUT2D eigenvalue weighted by atomic mass is 10.2. The van der Waals surface area contributed by atoms with Crippen molar-refractivity contribution >= 4 is 11.9 Å². The Hall–Kier alpha value is -3.14. The normalized spacial score (nSPS) is 10.7. The monoisotopic (exact) mass is 314 g/mol. The maximum Gasteiger partial charge on any atom is 0.277 e. The summed E-state index contributed by atoms with van der Waals surface area (Å²) in [6.07, 6.45) is 3.32. The molecule has 0 bridgehead atoms. The molecule has 0 spiro atoms. The third kappa shape index (κ3) is 3.06. The minimum atomic E-state index is -0.467. The predicted octanol–water partition coefficient (Wildman–Crippen LogP) is 0.0482. The van der Waals surface area contributed by atoms with E-state index in [1.807, 2.05) is 0 Å². The van der Waals surface area contributed by atoms with Gasteiger partial charge >= 0.3 is 0 Å². The van der Waals surface area contributed by atoms with Crippen LogP contribution < -0.4 is 5.32 Å². The number of aryl methyl sites for hydroxylation is 2. The summed E-state index contributed by atoms with van der Waals surface area (Å²) in [6.45, 7) is 1.44. The number of carbonyl (C=O) groups is 1. The van der Waals surface area contributed by atoms with Crippen molar-refractivity contribution in [3.05, 3.63) is 35.5 Å². The molecule has 0 saturated heterocycles. The Morgan fingerprint density at radius 3 is 2.91 bits per heavy atom. The first-order valence-electron chi connectivity index (χ1n) is 6.74. The summed E-state index contributed by atoms with van der Waals surface area (Å²) in [5.41, 5.74) is 1.39. The van der Waals surface area contributed by atoms with Gasteiger partial charge in [-0.2, -0.15) is 10.1 Å². The van der Waals surface area contributed by atoms with Crippen molar-refractivity contribution in [2.75, 3.05) is 5.32 Å². The molecule has 23 heavy (non-hydrogen) atoms. The smallest absolute Gasteiger partial charge is 0.277 e. The van der Waals surface area contributed by atoms with E-state index in [-0.39, 0.29) is 24.1 Å². The fourth-order valence-electron chi connectivity index (χ4n) is 1.91. The molecule has 118 valence electrons. The summed E-state index contributed by atoms with van der Waals surface area (Å²) >= 11 is 0. The van der Waals surface area contributed by atoms with Crippen molar-refractivity contribution < 1.29 is 9.90 Å². The van der Waals surface area contributed by atoms with E-state index in [2.05, 4.69) is 35.6 Å². The van der Waals surface area contributed by atoms with Gasteiger partial charge in [0.25, 0.3) is 5.91 Å². The number of aromatic nitrogens is 7. The van der Waals surface area contributed by atoms with Crippen LogP contribution in [-0.2, 0) is 13.7 Å². The lowest BCUT2D eigenvalue weighted by Crippen LogP contribution is -2.17. The molecule has 0 atom stereocenters. The number of nitrogens with one attached hydrogen (secondary N) is 2. The maximum absolute atomic E-state index is 12.3. The first-order valence-corrected chi connectivity index (χ1v) is 6.74. The van der Waals surface area contributed by atoms with Crippen LogP contribution in [0, 0.1) is 6.92 Å². The minimum absolute atomic E-state index is 0.0662. The van der Waals surface area contributed by atoms with Gasteiger partial charge in [-0.25, -0.2) is 9.97 Å². The molecular formula is C13H14N8O2. The number of amides is 1. The van der Waals surface area contributed by atoms with Gasteiger partial charge in [-0.15, -0.1) is 5.10 Å². The van der Waals surface area contributed by atoms with Crippen LogP contribution in [0.5, 0.6) is 0 Å². The molecule has 0 aromatic carbocycles. The highest BCUT2D eigenvalue weighted by Crippen LogP contribution is 2.14. The molecule has 3 aromatic rings. The molecule has 1 amide bonds. The first kappa shape index (κ1) is 14.8. The average Bonchev–Trinajstić information content (AvgIpc) is 3.16. The van der Waals surface area contributed by atoms with Crippen LogP contribution in [0.25, 0.3) is 11.5 Å². The van der Waals surface area contributed by atoms with Gasteiger partial charge in [-0.1, -0.05) is 0 Å². The third-order valence-corrected chi connectivity index (χ3v) is 3.04. The summed E-state index contributed by atoms with van der Waals surface area (Å²) in [5, 5.41) is 21.9. The summed E-state index contributed by atoms with van der Waals surface area (Å²) in [7, 11) is 1.79. The fourth-order valence-corrected chi connectivity index (χ4v) is 1.91. The molecular weight excluding hydrogens is 300 g/mol. The van der Waals surface area contributed by atoms with E-state index in [1.165, 1.54) is 0 Å². The predicted molar refractivity (Wildman–Crippen MR) is 79.2 cm³/mol. The number of anilines is 1. The molecule has 0 fully saturated rings. The molecule has 0 aliphatic carbocycles. The molecule has 3 heterocycles. The maximum atomic E-state index is 12.3. The number of aromatic amines is 1. The van der Waals surface area contributed by atoms with Crippen molar-refractivity contribution in [3.63, 3.8) is 0 Å². The van der Waals surface area contributed by atoms with E-state index in [0.29, 0.717) is 17.1 Å². The summed E-state index contributed by atoms with van der Waals surface area (Å²) in [6, 6.07) is 1.76. The van der Waals surface area contributed by atoms with E-state index >= 15 is 0 Å². The van der Waals surface area contributed by atoms with Gasteiger partial charge in [0, 0.05) is 19.4 Å². The van der Waals surface area contributed by atoms with E-state index < -0.39 is 5.91 Å². The lowest BCUT2D eigenvalue weighted by molar-refractivity contribution is 0.102.